The minimum atomic E-state index is -0.546. The summed E-state index contributed by atoms with van der Waals surface area (Å²) in [4.78, 5) is 25.9. The summed E-state index contributed by atoms with van der Waals surface area (Å²) in [5.74, 6) is 0.211. The Labute approximate surface area is 131 Å². The molecule has 0 N–H and O–H groups in total. The SMILES string of the molecule is COc1cc(C)cc([C@H](C)C(=O)N2C(=O)OC[C@@H]2C(C)C)c1. The summed E-state index contributed by atoms with van der Waals surface area (Å²) in [7, 11) is 1.59. The van der Waals surface area contributed by atoms with E-state index in [1.807, 2.05) is 39.0 Å². The van der Waals surface area contributed by atoms with Gasteiger partial charge in [0.25, 0.3) is 0 Å². The van der Waals surface area contributed by atoms with E-state index in [4.69, 9.17) is 9.47 Å². The maximum atomic E-state index is 12.8. The third-order valence-corrected chi connectivity index (χ3v) is 4.09. The number of hydrogen-bond donors (Lipinski definition) is 0. The van der Waals surface area contributed by atoms with Crippen LogP contribution >= 0.6 is 0 Å². The first-order valence-electron chi connectivity index (χ1n) is 7.50. The second-order valence-electron chi connectivity index (χ2n) is 6.10. The Morgan fingerprint density at radius 1 is 1.32 bits per heavy atom. The molecule has 2 rings (SSSR count). The van der Waals surface area contributed by atoms with Crippen molar-refractivity contribution in [2.45, 2.75) is 39.7 Å². The molecule has 5 heteroatoms. The molecule has 0 aromatic heterocycles. The number of ether oxygens (including phenoxy) is 2. The van der Waals surface area contributed by atoms with Crippen molar-refractivity contribution in [3.05, 3.63) is 29.3 Å². The molecule has 120 valence electrons. The van der Waals surface area contributed by atoms with Crippen molar-refractivity contribution >= 4 is 12.0 Å². The number of rotatable bonds is 4. The van der Waals surface area contributed by atoms with Gasteiger partial charge in [-0.1, -0.05) is 19.9 Å². The average molecular weight is 305 g/mol. The summed E-state index contributed by atoms with van der Waals surface area (Å²) in [6, 6.07) is 5.48. The Bertz CT molecular complexity index is 582. The van der Waals surface area contributed by atoms with E-state index in [9.17, 15) is 9.59 Å². The Kier molecular flexibility index (Phi) is 4.74. The van der Waals surface area contributed by atoms with E-state index < -0.39 is 12.0 Å². The number of amides is 2. The molecule has 1 fully saturated rings. The third kappa shape index (κ3) is 3.08. The van der Waals surface area contributed by atoms with Crippen LogP contribution in [0.3, 0.4) is 0 Å². The molecule has 1 aromatic rings. The predicted octanol–water partition coefficient (Wildman–Crippen LogP) is 3.11. The fourth-order valence-electron chi connectivity index (χ4n) is 2.68. The average Bonchev–Trinajstić information content (AvgIpc) is 2.86. The molecule has 0 radical (unpaired) electrons. The van der Waals surface area contributed by atoms with E-state index in [1.165, 1.54) is 4.90 Å². The van der Waals surface area contributed by atoms with Crippen molar-refractivity contribution < 1.29 is 19.1 Å². The van der Waals surface area contributed by atoms with Crippen LogP contribution in [0.5, 0.6) is 5.75 Å². The Morgan fingerprint density at radius 3 is 2.59 bits per heavy atom. The molecule has 2 amide bonds. The van der Waals surface area contributed by atoms with Crippen molar-refractivity contribution in [1.29, 1.82) is 0 Å². The minimum absolute atomic E-state index is 0.162. The number of benzene rings is 1. The lowest BCUT2D eigenvalue weighted by molar-refractivity contribution is -0.131. The number of methoxy groups -OCH3 is 1. The lowest BCUT2D eigenvalue weighted by atomic mass is 9.96. The fourth-order valence-corrected chi connectivity index (χ4v) is 2.68. The molecule has 5 nitrogen and oxygen atoms in total. The topological polar surface area (TPSA) is 55.8 Å². The van der Waals surface area contributed by atoms with Gasteiger partial charge in [0.05, 0.1) is 19.1 Å². The van der Waals surface area contributed by atoms with Gasteiger partial charge in [-0.2, -0.15) is 0 Å². The van der Waals surface area contributed by atoms with Crippen LogP contribution in [0.1, 0.15) is 37.8 Å². The number of aryl methyl sites for hydroxylation is 1. The van der Waals surface area contributed by atoms with Crippen molar-refractivity contribution in [3.8, 4) is 5.75 Å². The highest BCUT2D eigenvalue weighted by Gasteiger charge is 2.41. The van der Waals surface area contributed by atoms with Gasteiger partial charge in [0, 0.05) is 0 Å². The summed E-state index contributed by atoms with van der Waals surface area (Å²) in [5.41, 5.74) is 1.85. The molecule has 1 saturated heterocycles. The molecule has 2 atom stereocenters. The van der Waals surface area contributed by atoms with Crippen LogP contribution in [0.4, 0.5) is 4.79 Å². The Morgan fingerprint density at radius 2 is 2.00 bits per heavy atom. The first-order chi connectivity index (χ1) is 10.3. The van der Waals surface area contributed by atoms with Gasteiger partial charge in [0.2, 0.25) is 5.91 Å². The zero-order valence-electron chi connectivity index (χ0n) is 13.8. The van der Waals surface area contributed by atoms with Gasteiger partial charge in [0.15, 0.2) is 0 Å². The van der Waals surface area contributed by atoms with E-state index >= 15 is 0 Å². The second kappa shape index (κ2) is 6.38. The first kappa shape index (κ1) is 16.3. The van der Waals surface area contributed by atoms with Gasteiger partial charge < -0.3 is 9.47 Å². The molecule has 0 bridgehead atoms. The van der Waals surface area contributed by atoms with Crippen LogP contribution in [0.25, 0.3) is 0 Å². The first-order valence-corrected chi connectivity index (χ1v) is 7.50. The highest BCUT2D eigenvalue weighted by molar-refractivity contribution is 5.97. The van der Waals surface area contributed by atoms with E-state index in [2.05, 4.69) is 0 Å². The van der Waals surface area contributed by atoms with E-state index in [1.54, 1.807) is 14.0 Å². The van der Waals surface area contributed by atoms with Crippen LogP contribution in [0.2, 0.25) is 0 Å². The molecule has 0 aliphatic carbocycles. The lowest BCUT2D eigenvalue weighted by Crippen LogP contribution is -2.43. The van der Waals surface area contributed by atoms with Crippen LogP contribution in [0, 0.1) is 12.8 Å². The predicted molar refractivity (Wildman–Crippen MR) is 83.0 cm³/mol. The zero-order valence-corrected chi connectivity index (χ0v) is 13.8. The smallest absolute Gasteiger partial charge is 0.417 e. The summed E-state index contributed by atoms with van der Waals surface area (Å²) in [6.07, 6.45) is -0.546. The monoisotopic (exact) mass is 305 g/mol. The van der Waals surface area contributed by atoms with E-state index in [0.29, 0.717) is 5.75 Å². The zero-order chi connectivity index (χ0) is 16.4. The normalized spacial score (nSPS) is 19.3. The molecule has 0 saturated carbocycles. The molecular formula is C17H23NO4. The van der Waals surface area contributed by atoms with Crippen LogP contribution in [0.15, 0.2) is 18.2 Å². The number of carbonyl (C=O) groups excluding carboxylic acids is 2. The number of carbonyl (C=O) groups is 2. The molecule has 1 heterocycles. The van der Waals surface area contributed by atoms with Crippen molar-refractivity contribution in [3.63, 3.8) is 0 Å². The van der Waals surface area contributed by atoms with Crippen LogP contribution in [-0.2, 0) is 9.53 Å². The van der Waals surface area contributed by atoms with Crippen molar-refractivity contribution in [2.24, 2.45) is 5.92 Å². The number of nitrogens with zero attached hydrogens (tertiary/aromatic N) is 1. The fraction of sp³-hybridized carbons (Fsp3) is 0.529. The Hall–Kier alpha value is -2.04. The molecular weight excluding hydrogens is 282 g/mol. The summed E-state index contributed by atoms with van der Waals surface area (Å²) in [6.45, 7) is 7.98. The van der Waals surface area contributed by atoms with E-state index in [0.717, 1.165) is 11.1 Å². The standard InChI is InChI=1S/C17H23NO4/c1-10(2)15-9-22-17(20)18(15)16(19)12(4)13-6-11(3)7-14(8-13)21-5/h6-8,10,12,15H,9H2,1-5H3/t12-,15+/m0/s1. The maximum Gasteiger partial charge on any atom is 0.417 e. The van der Waals surface area contributed by atoms with Crippen molar-refractivity contribution in [1.82, 2.24) is 4.90 Å². The van der Waals surface area contributed by atoms with Gasteiger partial charge in [-0.3, -0.25) is 4.79 Å². The van der Waals surface area contributed by atoms with E-state index in [-0.39, 0.29) is 24.5 Å². The number of cyclic esters (lactones) is 1. The summed E-state index contributed by atoms with van der Waals surface area (Å²) >= 11 is 0. The molecule has 0 spiro atoms. The third-order valence-electron chi connectivity index (χ3n) is 4.09. The van der Waals surface area contributed by atoms with Crippen molar-refractivity contribution in [2.75, 3.05) is 13.7 Å². The molecule has 1 aliphatic rings. The molecule has 22 heavy (non-hydrogen) atoms. The Balaban J connectivity index is 2.28. The number of hydrogen-bond acceptors (Lipinski definition) is 4. The highest BCUT2D eigenvalue weighted by Crippen LogP contribution is 2.28. The lowest BCUT2D eigenvalue weighted by Gasteiger charge is -2.25. The summed E-state index contributed by atoms with van der Waals surface area (Å²) in [5, 5.41) is 0. The number of imide groups is 1. The van der Waals surface area contributed by atoms with Gasteiger partial charge in [-0.15, -0.1) is 0 Å². The van der Waals surface area contributed by atoms with Gasteiger partial charge in [-0.25, -0.2) is 9.69 Å². The quantitative estimate of drug-likeness (QED) is 0.857. The maximum absolute atomic E-state index is 12.8. The second-order valence-corrected chi connectivity index (χ2v) is 6.10. The largest absolute Gasteiger partial charge is 0.497 e. The van der Waals surface area contributed by atoms with Crippen LogP contribution in [-0.4, -0.2) is 36.7 Å². The van der Waals surface area contributed by atoms with Gasteiger partial charge in [-0.05, 0) is 43.0 Å². The van der Waals surface area contributed by atoms with Gasteiger partial charge in [0.1, 0.15) is 12.4 Å². The molecule has 1 aliphatic heterocycles. The molecule has 0 unspecified atom stereocenters. The highest BCUT2D eigenvalue weighted by atomic mass is 16.6. The van der Waals surface area contributed by atoms with Crippen LogP contribution < -0.4 is 4.74 Å². The minimum Gasteiger partial charge on any atom is -0.497 e. The molecule has 1 aromatic carbocycles. The van der Waals surface area contributed by atoms with Gasteiger partial charge >= 0.3 is 6.09 Å². The summed E-state index contributed by atoms with van der Waals surface area (Å²) < 4.78 is 10.3.